The predicted molar refractivity (Wildman–Crippen MR) is 72.9 cm³/mol. The summed E-state index contributed by atoms with van der Waals surface area (Å²) in [6, 6.07) is 4.44. The molecule has 1 aromatic carbocycles. The van der Waals surface area contributed by atoms with Crippen molar-refractivity contribution in [2.75, 3.05) is 24.5 Å². The van der Waals surface area contributed by atoms with Crippen molar-refractivity contribution < 1.29 is 19.1 Å². The number of rotatable bonds is 3. The fraction of sp³-hybridized carbons (Fsp3) is 0.286. The smallest absolute Gasteiger partial charge is 0.328 e. The minimum atomic E-state index is -1.10. The lowest BCUT2D eigenvalue weighted by molar-refractivity contribution is -0.131. The van der Waals surface area contributed by atoms with Crippen LogP contribution >= 0.6 is 0 Å². The van der Waals surface area contributed by atoms with E-state index in [1.165, 1.54) is 18.2 Å². The molecule has 0 atom stereocenters. The zero-order valence-electron chi connectivity index (χ0n) is 10.8. The van der Waals surface area contributed by atoms with E-state index in [9.17, 15) is 14.0 Å². The monoisotopic (exact) mass is 278 g/mol. The number of hydrogen-bond acceptors (Lipinski definition) is 3. The van der Waals surface area contributed by atoms with Crippen LogP contribution in [0.1, 0.15) is 12.0 Å². The van der Waals surface area contributed by atoms with E-state index in [4.69, 9.17) is 5.11 Å². The minimum Gasteiger partial charge on any atom is -0.478 e. The molecular weight excluding hydrogens is 263 g/mol. The van der Waals surface area contributed by atoms with Crippen LogP contribution in [0.15, 0.2) is 24.3 Å². The van der Waals surface area contributed by atoms with Crippen LogP contribution in [-0.4, -0.2) is 36.6 Å². The van der Waals surface area contributed by atoms with Crippen LogP contribution in [0.2, 0.25) is 0 Å². The van der Waals surface area contributed by atoms with Gasteiger partial charge in [0.1, 0.15) is 5.82 Å². The van der Waals surface area contributed by atoms with Gasteiger partial charge in [0.05, 0.1) is 12.2 Å². The number of nitrogens with zero attached hydrogens (tertiary/aromatic N) is 1. The molecule has 20 heavy (non-hydrogen) atoms. The van der Waals surface area contributed by atoms with E-state index in [2.05, 4.69) is 5.32 Å². The Morgan fingerprint density at radius 1 is 1.45 bits per heavy atom. The molecule has 2 N–H and O–H groups in total. The van der Waals surface area contributed by atoms with E-state index in [0.717, 1.165) is 6.08 Å². The molecule has 5 nitrogen and oxygen atoms in total. The first-order valence-electron chi connectivity index (χ1n) is 6.29. The number of carboxylic acid groups (broad SMARTS) is 1. The normalized spacial score (nSPS) is 16.1. The van der Waals surface area contributed by atoms with Crippen molar-refractivity contribution in [1.82, 2.24) is 5.32 Å². The summed E-state index contributed by atoms with van der Waals surface area (Å²) in [5.74, 6) is -1.74. The topological polar surface area (TPSA) is 69.6 Å². The third-order valence-corrected chi connectivity index (χ3v) is 3.00. The zero-order valence-corrected chi connectivity index (χ0v) is 10.8. The van der Waals surface area contributed by atoms with Gasteiger partial charge in [0.25, 0.3) is 0 Å². The molecule has 0 saturated carbocycles. The second-order valence-corrected chi connectivity index (χ2v) is 4.47. The fourth-order valence-electron chi connectivity index (χ4n) is 2.16. The fourth-order valence-corrected chi connectivity index (χ4v) is 2.16. The van der Waals surface area contributed by atoms with Crippen LogP contribution in [0, 0.1) is 5.82 Å². The molecular formula is C14H15FN2O3. The number of carbonyl (C=O) groups is 2. The molecule has 1 saturated heterocycles. The van der Waals surface area contributed by atoms with Gasteiger partial charge in [-0.3, -0.25) is 4.79 Å². The average molecular weight is 278 g/mol. The summed E-state index contributed by atoms with van der Waals surface area (Å²) in [6.45, 7) is 1.16. The largest absolute Gasteiger partial charge is 0.478 e. The first-order valence-corrected chi connectivity index (χ1v) is 6.29. The Hall–Kier alpha value is -2.37. The first kappa shape index (κ1) is 14.0. The second kappa shape index (κ2) is 6.18. The van der Waals surface area contributed by atoms with Crippen LogP contribution in [0.3, 0.4) is 0 Å². The summed E-state index contributed by atoms with van der Waals surface area (Å²) in [5, 5.41) is 11.4. The Morgan fingerprint density at radius 2 is 2.25 bits per heavy atom. The highest BCUT2D eigenvalue weighted by atomic mass is 19.1. The van der Waals surface area contributed by atoms with Crippen LogP contribution in [-0.2, 0) is 9.59 Å². The SMILES string of the molecule is O=C(O)/C=C/c1cccc(F)c1N1CCCNC(=O)C1. The Labute approximate surface area is 115 Å². The van der Waals surface area contributed by atoms with Gasteiger partial charge in [-0.15, -0.1) is 0 Å². The maximum Gasteiger partial charge on any atom is 0.328 e. The second-order valence-electron chi connectivity index (χ2n) is 4.47. The lowest BCUT2D eigenvalue weighted by Crippen LogP contribution is -2.33. The molecule has 0 bridgehead atoms. The number of hydrogen-bond donors (Lipinski definition) is 2. The van der Waals surface area contributed by atoms with Crippen LogP contribution in [0.4, 0.5) is 10.1 Å². The number of benzene rings is 1. The Bertz CT molecular complexity index is 557. The lowest BCUT2D eigenvalue weighted by atomic mass is 10.1. The molecule has 1 aliphatic rings. The van der Waals surface area contributed by atoms with Gasteiger partial charge in [0.2, 0.25) is 5.91 Å². The Kier molecular flexibility index (Phi) is 4.34. The number of carboxylic acids is 1. The van der Waals surface area contributed by atoms with Crippen LogP contribution in [0.25, 0.3) is 6.08 Å². The van der Waals surface area contributed by atoms with Gasteiger partial charge in [0.15, 0.2) is 0 Å². The maximum atomic E-state index is 14.1. The number of nitrogens with one attached hydrogen (secondary N) is 1. The summed E-state index contributed by atoms with van der Waals surface area (Å²) in [5.41, 5.74) is 0.712. The molecule has 1 aliphatic heterocycles. The van der Waals surface area contributed by atoms with Gasteiger partial charge >= 0.3 is 5.97 Å². The quantitative estimate of drug-likeness (QED) is 0.816. The Balaban J connectivity index is 2.38. The van der Waals surface area contributed by atoms with Crippen molar-refractivity contribution in [2.24, 2.45) is 0 Å². The highest BCUT2D eigenvalue weighted by Crippen LogP contribution is 2.26. The highest BCUT2D eigenvalue weighted by Gasteiger charge is 2.20. The number of para-hydroxylation sites is 1. The number of anilines is 1. The van der Waals surface area contributed by atoms with E-state index >= 15 is 0 Å². The summed E-state index contributed by atoms with van der Waals surface area (Å²) >= 11 is 0. The molecule has 1 fully saturated rings. The Morgan fingerprint density at radius 3 is 3.00 bits per heavy atom. The number of halogens is 1. The van der Waals surface area contributed by atoms with Crippen molar-refractivity contribution >= 4 is 23.6 Å². The number of amides is 1. The standard InChI is InChI=1S/C14H15FN2O3/c15-11-4-1-3-10(5-6-13(19)20)14(11)17-8-2-7-16-12(18)9-17/h1,3-6H,2,7-9H2,(H,16,18)(H,19,20)/b6-5+. The third-order valence-electron chi connectivity index (χ3n) is 3.00. The van der Waals surface area contributed by atoms with Crippen molar-refractivity contribution in [3.05, 3.63) is 35.7 Å². The molecule has 0 unspecified atom stereocenters. The van der Waals surface area contributed by atoms with E-state index < -0.39 is 11.8 Å². The third kappa shape index (κ3) is 3.34. The van der Waals surface area contributed by atoms with Gasteiger partial charge in [-0.05, 0) is 18.6 Å². The van der Waals surface area contributed by atoms with Crippen molar-refractivity contribution in [3.63, 3.8) is 0 Å². The molecule has 1 amide bonds. The lowest BCUT2D eigenvalue weighted by Gasteiger charge is -2.23. The van der Waals surface area contributed by atoms with Crippen LogP contribution < -0.4 is 10.2 Å². The van der Waals surface area contributed by atoms with Gasteiger partial charge in [-0.2, -0.15) is 0 Å². The summed E-state index contributed by atoms with van der Waals surface area (Å²) in [6.07, 6.45) is 3.00. The number of aliphatic carboxylic acids is 1. The number of carbonyl (C=O) groups excluding carboxylic acids is 1. The highest BCUT2D eigenvalue weighted by molar-refractivity contribution is 5.88. The van der Waals surface area contributed by atoms with Crippen molar-refractivity contribution in [2.45, 2.75) is 6.42 Å². The van der Waals surface area contributed by atoms with Crippen molar-refractivity contribution in [1.29, 1.82) is 0 Å². The van der Waals surface area contributed by atoms with Gasteiger partial charge in [0, 0.05) is 24.7 Å². The van der Waals surface area contributed by atoms with Crippen molar-refractivity contribution in [3.8, 4) is 0 Å². The maximum absolute atomic E-state index is 14.1. The molecule has 106 valence electrons. The predicted octanol–water partition coefficient (Wildman–Crippen LogP) is 1.25. The van der Waals surface area contributed by atoms with E-state index in [0.29, 0.717) is 25.1 Å². The molecule has 0 spiro atoms. The van der Waals surface area contributed by atoms with Crippen LogP contribution in [0.5, 0.6) is 0 Å². The molecule has 6 heteroatoms. The minimum absolute atomic E-state index is 0.0643. The van der Waals surface area contributed by atoms with E-state index in [-0.39, 0.29) is 18.1 Å². The van der Waals surface area contributed by atoms with Gasteiger partial charge in [-0.25, -0.2) is 9.18 Å². The summed E-state index contributed by atoms with van der Waals surface area (Å²) in [7, 11) is 0. The average Bonchev–Trinajstić information content (AvgIpc) is 2.61. The first-order chi connectivity index (χ1) is 9.58. The van der Waals surface area contributed by atoms with E-state index in [1.54, 1.807) is 11.0 Å². The van der Waals surface area contributed by atoms with Gasteiger partial charge < -0.3 is 15.3 Å². The van der Waals surface area contributed by atoms with E-state index in [1.807, 2.05) is 0 Å². The molecule has 0 aromatic heterocycles. The summed E-state index contributed by atoms with van der Waals surface area (Å²) < 4.78 is 14.1. The van der Waals surface area contributed by atoms with Gasteiger partial charge in [-0.1, -0.05) is 12.1 Å². The molecule has 2 rings (SSSR count). The summed E-state index contributed by atoms with van der Waals surface area (Å²) in [4.78, 5) is 23.8. The molecule has 0 aliphatic carbocycles. The zero-order chi connectivity index (χ0) is 14.5. The molecule has 1 aromatic rings. The molecule has 1 heterocycles. The molecule has 0 radical (unpaired) electrons.